The molecule has 12 heavy (non-hydrogen) atoms. The average molecular weight is 231 g/mol. The summed E-state index contributed by atoms with van der Waals surface area (Å²) in [4.78, 5) is 0. The van der Waals surface area contributed by atoms with Crippen LogP contribution >= 0.6 is 15.9 Å². The molecule has 0 atom stereocenters. The highest BCUT2D eigenvalue weighted by Gasteiger charge is 2.12. The fraction of sp³-hybridized carbons (Fsp3) is 0.667. The topological polar surface area (TPSA) is 28.7 Å². The van der Waals surface area contributed by atoms with E-state index >= 15 is 0 Å². The number of rotatable bonds is 3. The molecule has 0 saturated heterocycles. The lowest BCUT2D eigenvalue weighted by Gasteiger charge is -2.02. The molecule has 68 valence electrons. The van der Waals surface area contributed by atoms with E-state index in [0.29, 0.717) is 5.92 Å². The molecular weight excluding hydrogens is 216 g/mol. The van der Waals surface area contributed by atoms with E-state index in [2.05, 4.69) is 46.9 Å². The Morgan fingerprint density at radius 2 is 2.17 bits per heavy atom. The summed E-state index contributed by atoms with van der Waals surface area (Å²) in [6, 6.07) is 0. The van der Waals surface area contributed by atoms with Crippen molar-refractivity contribution in [3.63, 3.8) is 0 Å². The summed E-state index contributed by atoms with van der Waals surface area (Å²) >= 11 is 3.49. The molecule has 0 bridgehead atoms. The summed E-state index contributed by atoms with van der Waals surface area (Å²) in [7, 11) is 0. The van der Waals surface area contributed by atoms with Crippen LogP contribution in [0.4, 0.5) is 0 Å². The number of aromatic amines is 1. The van der Waals surface area contributed by atoms with E-state index in [-0.39, 0.29) is 0 Å². The second-order valence-electron chi connectivity index (χ2n) is 3.21. The van der Waals surface area contributed by atoms with Crippen molar-refractivity contribution in [3.05, 3.63) is 17.0 Å². The van der Waals surface area contributed by atoms with Crippen LogP contribution in [0.15, 0.2) is 0 Å². The maximum Gasteiger partial charge on any atom is 0.0690 e. The number of hydrogen-bond donors (Lipinski definition) is 1. The summed E-state index contributed by atoms with van der Waals surface area (Å²) in [5, 5.41) is 8.28. The second kappa shape index (κ2) is 4.08. The van der Waals surface area contributed by atoms with Crippen LogP contribution in [0.25, 0.3) is 0 Å². The number of aromatic nitrogens is 2. The van der Waals surface area contributed by atoms with Gasteiger partial charge < -0.3 is 0 Å². The molecule has 1 N–H and O–H groups in total. The predicted molar refractivity (Wildman–Crippen MR) is 54.7 cm³/mol. The quantitative estimate of drug-likeness (QED) is 0.796. The predicted octanol–water partition coefficient (Wildman–Crippen LogP) is 2.99. The highest BCUT2D eigenvalue weighted by atomic mass is 79.9. The van der Waals surface area contributed by atoms with Gasteiger partial charge >= 0.3 is 0 Å². The molecule has 2 nitrogen and oxygen atoms in total. The van der Waals surface area contributed by atoms with Crippen molar-refractivity contribution in [1.82, 2.24) is 10.2 Å². The summed E-state index contributed by atoms with van der Waals surface area (Å²) in [5.41, 5.74) is 3.80. The van der Waals surface area contributed by atoms with E-state index in [1.165, 1.54) is 17.0 Å². The third kappa shape index (κ3) is 1.71. The molecule has 0 aromatic carbocycles. The standard InChI is InChI=1S/C9H15BrN2/c1-4-8-7(5-10)9(6(2)3)12-11-8/h6H,4-5H2,1-3H3,(H,11,12). The highest BCUT2D eigenvalue weighted by Crippen LogP contribution is 2.22. The molecule has 0 aliphatic carbocycles. The average Bonchev–Trinajstić information content (AvgIpc) is 2.46. The number of halogens is 1. The van der Waals surface area contributed by atoms with Gasteiger partial charge in [-0.25, -0.2) is 0 Å². The molecule has 0 saturated carbocycles. The molecule has 3 heteroatoms. The van der Waals surface area contributed by atoms with Gasteiger partial charge in [0.1, 0.15) is 0 Å². The number of nitrogens with one attached hydrogen (secondary N) is 1. The number of nitrogens with zero attached hydrogens (tertiary/aromatic N) is 1. The largest absolute Gasteiger partial charge is 0.282 e. The summed E-state index contributed by atoms with van der Waals surface area (Å²) < 4.78 is 0. The lowest BCUT2D eigenvalue weighted by atomic mass is 10.0. The van der Waals surface area contributed by atoms with Gasteiger partial charge in [0.15, 0.2) is 0 Å². The van der Waals surface area contributed by atoms with Crippen LogP contribution in [0.3, 0.4) is 0 Å². The zero-order chi connectivity index (χ0) is 9.14. The van der Waals surface area contributed by atoms with Gasteiger partial charge in [-0.3, -0.25) is 5.10 Å². The number of alkyl halides is 1. The Morgan fingerprint density at radius 3 is 2.58 bits per heavy atom. The number of hydrogen-bond acceptors (Lipinski definition) is 1. The first-order chi connectivity index (χ1) is 5.70. The Kier molecular flexibility index (Phi) is 3.32. The lowest BCUT2D eigenvalue weighted by molar-refractivity contribution is 0.802. The maximum absolute atomic E-state index is 4.30. The van der Waals surface area contributed by atoms with Gasteiger partial charge in [-0.1, -0.05) is 36.7 Å². The fourth-order valence-electron chi connectivity index (χ4n) is 1.34. The van der Waals surface area contributed by atoms with Crippen LogP contribution in [0.5, 0.6) is 0 Å². The van der Waals surface area contributed by atoms with Crippen LogP contribution in [0, 0.1) is 0 Å². The number of H-pyrrole nitrogens is 1. The van der Waals surface area contributed by atoms with Gasteiger partial charge in [0.25, 0.3) is 0 Å². The molecule has 0 fully saturated rings. The van der Waals surface area contributed by atoms with Gasteiger partial charge in [-0.2, -0.15) is 5.10 Å². The fourth-order valence-corrected chi connectivity index (χ4v) is 1.96. The SMILES string of the molecule is CCc1[nH]nc(C(C)C)c1CBr. The van der Waals surface area contributed by atoms with Gasteiger partial charge in [0.2, 0.25) is 0 Å². The van der Waals surface area contributed by atoms with Crippen molar-refractivity contribution in [2.75, 3.05) is 0 Å². The summed E-state index contributed by atoms with van der Waals surface area (Å²) in [5.74, 6) is 0.508. The van der Waals surface area contributed by atoms with E-state index in [9.17, 15) is 0 Å². The van der Waals surface area contributed by atoms with Crippen molar-refractivity contribution in [3.8, 4) is 0 Å². The Hall–Kier alpha value is -0.310. The molecule has 0 unspecified atom stereocenters. The van der Waals surface area contributed by atoms with Crippen molar-refractivity contribution in [2.24, 2.45) is 0 Å². The first-order valence-corrected chi connectivity index (χ1v) is 5.44. The Bertz CT molecular complexity index is 253. The minimum absolute atomic E-state index is 0.508. The maximum atomic E-state index is 4.30. The smallest absolute Gasteiger partial charge is 0.0690 e. The molecule has 0 aliphatic heterocycles. The van der Waals surface area contributed by atoms with Crippen LogP contribution in [0.1, 0.15) is 43.6 Å². The van der Waals surface area contributed by atoms with Gasteiger partial charge in [-0.05, 0) is 12.3 Å². The normalized spacial score (nSPS) is 11.1. The monoisotopic (exact) mass is 230 g/mol. The molecule has 0 radical (unpaired) electrons. The lowest BCUT2D eigenvalue weighted by Crippen LogP contribution is -1.93. The van der Waals surface area contributed by atoms with Crippen molar-refractivity contribution in [1.29, 1.82) is 0 Å². The van der Waals surface area contributed by atoms with E-state index < -0.39 is 0 Å². The third-order valence-electron chi connectivity index (χ3n) is 2.02. The summed E-state index contributed by atoms with van der Waals surface area (Å²) in [6.45, 7) is 6.48. The van der Waals surface area contributed by atoms with E-state index in [1.54, 1.807) is 0 Å². The second-order valence-corrected chi connectivity index (χ2v) is 3.77. The molecule has 0 spiro atoms. The zero-order valence-corrected chi connectivity index (χ0v) is 9.40. The summed E-state index contributed by atoms with van der Waals surface area (Å²) in [6.07, 6.45) is 1.03. The highest BCUT2D eigenvalue weighted by molar-refractivity contribution is 9.08. The molecule has 1 aromatic rings. The first kappa shape index (κ1) is 9.78. The third-order valence-corrected chi connectivity index (χ3v) is 2.58. The Balaban J connectivity index is 3.05. The van der Waals surface area contributed by atoms with Gasteiger partial charge in [0, 0.05) is 16.6 Å². The molecule has 1 rings (SSSR count). The van der Waals surface area contributed by atoms with Gasteiger partial charge in [0.05, 0.1) is 5.69 Å². The van der Waals surface area contributed by atoms with E-state index in [1.807, 2.05) is 0 Å². The molecule has 1 aromatic heterocycles. The van der Waals surface area contributed by atoms with E-state index in [0.717, 1.165) is 11.8 Å². The van der Waals surface area contributed by atoms with Gasteiger partial charge in [-0.15, -0.1) is 0 Å². The molecule has 0 amide bonds. The van der Waals surface area contributed by atoms with Crippen molar-refractivity contribution < 1.29 is 0 Å². The Labute approximate surface area is 81.9 Å². The number of aryl methyl sites for hydroxylation is 1. The van der Waals surface area contributed by atoms with Crippen LogP contribution in [0.2, 0.25) is 0 Å². The minimum Gasteiger partial charge on any atom is -0.282 e. The molecular formula is C9H15BrN2. The van der Waals surface area contributed by atoms with Crippen LogP contribution < -0.4 is 0 Å². The zero-order valence-electron chi connectivity index (χ0n) is 7.82. The molecule has 0 aliphatic rings. The van der Waals surface area contributed by atoms with E-state index in [4.69, 9.17) is 0 Å². The first-order valence-electron chi connectivity index (χ1n) is 4.32. The van der Waals surface area contributed by atoms with Crippen molar-refractivity contribution >= 4 is 15.9 Å². The Morgan fingerprint density at radius 1 is 1.50 bits per heavy atom. The van der Waals surface area contributed by atoms with Crippen LogP contribution in [-0.2, 0) is 11.8 Å². The molecule has 1 heterocycles. The van der Waals surface area contributed by atoms with Crippen LogP contribution in [-0.4, -0.2) is 10.2 Å². The van der Waals surface area contributed by atoms with Crippen molar-refractivity contribution in [2.45, 2.75) is 38.4 Å². The minimum atomic E-state index is 0.508.